The molecule has 4 rings (SSSR count). The second-order valence-corrected chi connectivity index (χ2v) is 11.0. The zero-order valence-corrected chi connectivity index (χ0v) is 24.5. The Morgan fingerprint density at radius 2 is 1.79 bits per heavy atom. The number of amides is 3. The van der Waals surface area contributed by atoms with E-state index in [0.717, 1.165) is 11.1 Å². The number of aryl methyl sites for hydroxylation is 2. The van der Waals surface area contributed by atoms with Gasteiger partial charge < -0.3 is 25.4 Å². The molecule has 3 N–H and O–H groups in total. The van der Waals surface area contributed by atoms with Crippen LogP contribution in [-0.4, -0.2) is 70.0 Å². The van der Waals surface area contributed by atoms with E-state index in [1.54, 1.807) is 74.6 Å². The van der Waals surface area contributed by atoms with Gasteiger partial charge in [0.15, 0.2) is 12.7 Å². The van der Waals surface area contributed by atoms with Crippen molar-refractivity contribution >= 4 is 29.3 Å². The van der Waals surface area contributed by atoms with Crippen molar-refractivity contribution in [2.24, 2.45) is 0 Å². The van der Waals surface area contributed by atoms with Crippen LogP contribution in [0.1, 0.15) is 28.7 Å². The molecule has 0 unspecified atom stereocenters. The molecular weight excluding hydrogens is 582 g/mol. The predicted octanol–water partition coefficient (Wildman–Crippen LogP) is 3.37. The molecule has 0 spiro atoms. The number of halogens is 3. The molecule has 0 bridgehead atoms. The highest BCUT2D eigenvalue weighted by molar-refractivity contribution is 6.30. The van der Waals surface area contributed by atoms with Crippen LogP contribution >= 0.6 is 11.6 Å². The molecule has 0 saturated carbocycles. The van der Waals surface area contributed by atoms with Gasteiger partial charge in [-0.3, -0.25) is 19.4 Å². The molecule has 3 amide bonds. The van der Waals surface area contributed by atoms with Crippen LogP contribution in [0.4, 0.5) is 8.78 Å². The van der Waals surface area contributed by atoms with Gasteiger partial charge in [-0.15, -0.1) is 0 Å². The zero-order valence-electron chi connectivity index (χ0n) is 23.7. The van der Waals surface area contributed by atoms with Gasteiger partial charge in [0, 0.05) is 30.4 Å². The largest absolute Gasteiger partial charge is 0.483 e. The third-order valence-electron chi connectivity index (χ3n) is 7.10. The standard InChI is InChI=1S/C31H33ClF2N4O5/c1-19-11-23(32)12-20(2)28(19)43-17-26(39)37-24(13-21-7-4-3-5-8-21)27(40)30(42)38-18-31(33,34)14-25(38)29(41)36-16-22-9-6-10-35-15-22/h3-12,15,24-25,27,40H,13-14,16-18H2,1-2H3,(H,36,41)(H,37,39)/t24-,25-,27-/m0/s1. The quantitative estimate of drug-likeness (QED) is 0.305. The van der Waals surface area contributed by atoms with E-state index in [-0.39, 0.29) is 13.0 Å². The number of hydrogen-bond donors (Lipinski definition) is 3. The first-order valence-corrected chi connectivity index (χ1v) is 14.1. The minimum atomic E-state index is -3.34. The number of alkyl halides is 2. The van der Waals surface area contributed by atoms with Gasteiger partial charge in [0.1, 0.15) is 11.8 Å². The lowest BCUT2D eigenvalue weighted by Gasteiger charge is -2.30. The van der Waals surface area contributed by atoms with Crippen molar-refractivity contribution in [1.29, 1.82) is 0 Å². The SMILES string of the molecule is Cc1cc(Cl)cc(C)c1OCC(=O)N[C@@H](Cc1ccccc1)[C@H](O)C(=O)N1CC(F)(F)C[C@H]1C(=O)NCc1cccnc1. The maximum atomic E-state index is 14.5. The Morgan fingerprint density at radius 3 is 2.44 bits per heavy atom. The van der Waals surface area contributed by atoms with E-state index in [2.05, 4.69) is 15.6 Å². The Kier molecular flexibility index (Phi) is 10.3. The number of nitrogens with one attached hydrogen (secondary N) is 2. The summed E-state index contributed by atoms with van der Waals surface area (Å²) < 4.78 is 34.8. The summed E-state index contributed by atoms with van der Waals surface area (Å²) in [6.45, 7) is 2.11. The monoisotopic (exact) mass is 614 g/mol. The van der Waals surface area contributed by atoms with Crippen LogP contribution in [0, 0.1) is 13.8 Å². The summed E-state index contributed by atoms with van der Waals surface area (Å²) in [6, 6.07) is 12.8. The summed E-state index contributed by atoms with van der Waals surface area (Å²) in [5, 5.41) is 16.9. The van der Waals surface area contributed by atoms with Gasteiger partial charge >= 0.3 is 0 Å². The Labute approximate surface area is 253 Å². The lowest BCUT2D eigenvalue weighted by Crippen LogP contribution is -2.56. The lowest BCUT2D eigenvalue weighted by molar-refractivity contribution is -0.147. The van der Waals surface area contributed by atoms with E-state index in [4.69, 9.17) is 16.3 Å². The number of hydrogen-bond acceptors (Lipinski definition) is 6. The van der Waals surface area contributed by atoms with Crippen molar-refractivity contribution < 1.29 is 33.0 Å². The Morgan fingerprint density at radius 1 is 1.12 bits per heavy atom. The summed E-state index contributed by atoms with van der Waals surface area (Å²) >= 11 is 6.07. The van der Waals surface area contributed by atoms with Gasteiger partial charge in [0.05, 0.1) is 12.6 Å². The fourth-order valence-electron chi connectivity index (χ4n) is 5.06. The molecule has 1 fully saturated rings. The van der Waals surface area contributed by atoms with Crippen molar-refractivity contribution in [2.45, 2.75) is 57.3 Å². The number of carbonyl (C=O) groups is 3. The van der Waals surface area contributed by atoms with E-state index in [1.165, 1.54) is 6.20 Å². The first-order chi connectivity index (χ1) is 20.4. The van der Waals surface area contributed by atoms with E-state index >= 15 is 0 Å². The molecule has 9 nitrogen and oxygen atoms in total. The number of rotatable bonds is 11. The van der Waals surface area contributed by atoms with Gasteiger partial charge in [0.2, 0.25) is 5.91 Å². The third-order valence-corrected chi connectivity index (χ3v) is 7.32. The van der Waals surface area contributed by atoms with Crippen molar-refractivity contribution in [3.05, 3.63) is 94.3 Å². The predicted molar refractivity (Wildman–Crippen MR) is 156 cm³/mol. The highest BCUT2D eigenvalue weighted by Gasteiger charge is 2.51. The fraction of sp³-hybridized carbons (Fsp3) is 0.355. The number of carbonyl (C=O) groups excluding carboxylic acids is 3. The molecular formula is C31H33ClF2N4O5. The van der Waals surface area contributed by atoms with Crippen molar-refractivity contribution in [3.8, 4) is 5.75 Å². The first kappa shape index (κ1) is 31.8. The summed E-state index contributed by atoms with van der Waals surface area (Å²) in [4.78, 5) is 44.0. The molecule has 0 radical (unpaired) electrons. The number of likely N-dealkylation sites (tertiary alicyclic amines) is 1. The molecule has 228 valence electrons. The maximum Gasteiger partial charge on any atom is 0.267 e. The van der Waals surface area contributed by atoms with Crippen LogP contribution in [0.3, 0.4) is 0 Å². The van der Waals surface area contributed by atoms with E-state index in [1.807, 2.05) is 0 Å². The van der Waals surface area contributed by atoms with Gasteiger partial charge in [-0.1, -0.05) is 48.0 Å². The maximum absolute atomic E-state index is 14.5. The molecule has 1 aliphatic rings. The van der Waals surface area contributed by atoms with E-state index < -0.39 is 61.4 Å². The number of aliphatic hydroxyl groups excluding tert-OH is 1. The number of aromatic nitrogens is 1. The van der Waals surface area contributed by atoms with Gasteiger partial charge in [-0.25, -0.2) is 8.78 Å². The highest BCUT2D eigenvalue weighted by atomic mass is 35.5. The lowest BCUT2D eigenvalue weighted by atomic mass is 9.99. The fourth-order valence-corrected chi connectivity index (χ4v) is 5.38. The van der Waals surface area contributed by atoms with Crippen molar-refractivity contribution in [1.82, 2.24) is 20.5 Å². The Hall–Kier alpha value is -4.09. The molecule has 1 aromatic heterocycles. The number of aliphatic hydroxyl groups is 1. The van der Waals surface area contributed by atoms with Crippen molar-refractivity contribution in [3.63, 3.8) is 0 Å². The van der Waals surface area contributed by atoms with Crippen LogP contribution in [-0.2, 0) is 27.3 Å². The van der Waals surface area contributed by atoms with Gasteiger partial charge in [0.25, 0.3) is 17.7 Å². The van der Waals surface area contributed by atoms with Crippen LogP contribution in [0.2, 0.25) is 5.02 Å². The second kappa shape index (κ2) is 13.9. The molecule has 1 aliphatic heterocycles. The average molecular weight is 615 g/mol. The van der Waals surface area contributed by atoms with Crippen LogP contribution in [0.25, 0.3) is 0 Å². The topological polar surface area (TPSA) is 121 Å². The molecule has 2 aromatic carbocycles. The Bertz CT molecular complexity index is 1420. The molecule has 1 saturated heterocycles. The highest BCUT2D eigenvalue weighted by Crippen LogP contribution is 2.33. The summed E-state index contributed by atoms with van der Waals surface area (Å²) in [6.07, 6.45) is 0.271. The minimum Gasteiger partial charge on any atom is -0.483 e. The van der Waals surface area contributed by atoms with Gasteiger partial charge in [-0.05, 0) is 60.7 Å². The average Bonchev–Trinajstić information content (AvgIpc) is 3.30. The molecule has 12 heteroatoms. The summed E-state index contributed by atoms with van der Waals surface area (Å²) in [5.41, 5.74) is 2.77. The van der Waals surface area contributed by atoms with Crippen LogP contribution < -0.4 is 15.4 Å². The van der Waals surface area contributed by atoms with Crippen LogP contribution in [0.15, 0.2) is 67.0 Å². The summed E-state index contributed by atoms with van der Waals surface area (Å²) in [7, 11) is 0. The second-order valence-electron chi connectivity index (χ2n) is 10.6. The van der Waals surface area contributed by atoms with Crippen molar-refractivity contribution in [2.75, 3.05) is 13.2 Å². The number of nitrogens with zero attached hydrogens (tertiary/aromatic N) is 2. The zero-order chi connectivity index (χ0) is 31.1. The summed E-state index contributed by atoms with van der Waals surface area (Å²) in [5.74, 6) is -5.39. The van der Waals surface area contributed by atoms with Crippen LogP contribution in [0.5, 0.6) is 5.75 Å². The smallest absolute Gasteiger partial charge is 0.267 e. The molecule has 2 heterocycles. The van der Waals surface area contributed by atoms with Gasteiger partial charge in [-0.2, -0.15) is 0 Å². The molecule has 3 atom stereocenters. The number of benzene rings is 2. The normalized spacial score (nSPS) is 17.2. The van der Waals surface area contributed by atoms with E-state index in [0.29, 0.717) is 26.8 Å². The number of pyridine rings is 1. The molecule has 43 heavy (non-hydrogen) atoms. The van der Waals surface area contributed by atoms with E-state index in [9.17, 15) is 28.3 Å². The third kappa shape index (κ3) is 8.48. The minimum absolute atomic E-state index is 0.0145. The molecule has 3 aromatic rings. The number of ether oxygens (including phenoxy) is 1. The first-order valence-electron chi connectivity index (χ1n) is 13.7. The molecule has 0 aliphatic carbocycles. The Balaban J connectivity index is 1.48.